The van der Waals surface area contributed by atoms with E-state index in [9.17, 15) is 9.90 Å². The first kappa shape index (κ1) is 16.0. The number of aromatic nitrogens is 2. The molecule has 3 rings (SSSR count). The van der Waals surface area contributed by atoms with Gasteiger partial charge in [-0.3, -0.25) is 4.79 Å². The molecule has 7 heteroatoms. The quantitative estimate of drug-likeness (QED) is 0.689. The summed E-state index contributed by atoms with van der Waals surface area (Å²) in [5.74, 6) is 0.180. The van der Waals surface area contributed by atoms with Gasteiger partial charge in [0.05, 0.1) is 11.7 Å². The summed E-state index contributed by atoms with van der Waals surface area (Å²) < 4.78 is 8.28. The molecule has 2 N–H and O–H groups in total. The average molecular weight is 347 g/mol. The Hall–Kier alpha value is -1.83. The van der Waals surface area contributed by atoms with Crippen molar-refractivity contribution in [1.82, 2.24) is 14.1 Å². The maximum absolute atomic E-state index is 12.2. The Balaban J connectivity index is 1.57. The zero-order valence-electron chi connectivity index (χ0n) is 12.4. The second kappa shape index (κ2) is 7.63. The van der Waals surface area contributed by atoms with E-state index in [2.05, 4.69) is 20.1 Å². The lowest BCUT2D eigenvalue weighted by atomic mass is 10.00. The van der Waals surface area contributed by atoms with Crippen molar-refractivity contribution in [3.05, 3.63) is 46.2 Å². The highest BCUT2D eigenvalue weighted by molar-refractivity contribution is 7.10. The van der Waals surface area contributed by atoms with Crippen molar-refractivity contribution in [1.29, 1.82) is 0 Å². The molecule has 0 unspecified atom stereocenters. The molecule has 0 spiro atoms. The van der Waals surface area contributed by atoms with Crippen molar-refractivity contribution < 1.29 is 9.90 Å². The van der Waals surface area contributed by atoms with Crippen molar-refractivity contribution in [3.63, 3.8) is 0 Å². The molecule has 0 radical (unpaired) electrons. The van der Waals surface area contributed by atoms with Gasteiger partial charge < -0.3 is 10.4 Å². The minimum Gasteiger partial charge on any atom is -0.396 e. The molecule has 2 heterocycles. The Labute approximate surface area is 142 Å². The minimum absolute atomic E-state index is 0.103. The number of carbonyl (C=O) groups is 1. The fourth-order valence-electron chi connectivity index (χ4n) is 2.49. The Morgan fingerprint density at radius 3 is 2.87 bits per heavy atom. The number of aliphatic hydroxyl groups excluding tert-OH is 1. The predicted molar refractivity (Wildman–Crippen MR) is 93.1 cm³/mol. The standard InChI is InChI=1S/C16H17N3O2S2/c20-8-6-11(15-2-1-9-22-15)5-7-17-16(21)12-3-4-13-14(10-12)19-23-18-13/h1-4,9-11,20H,5-8H2,(H,17,21)/t11-/m1/s1. The Morgan fingerprint density at radius 2 is 2.09 bits per heavy atom. The molecule has 2 aromatic heterocycles. The topological polar surface area (TPSA) is 75.1 Å². The van der Waals surface area contributed by atoms with Crippen molar-refractivity contribution in [3.8, 4) is 0 Å². The van der Waals surface area contributed by atoms with Crippen LogP contribution in [0.1, 0.15) is 34.0 Å². The summed E-state index contributed by atoms with van der Waals surface area (Å²) in [5.41, 5.74) is 2.16. The lowest BCUT2D eigenvalue weighted by Gasteiger charge is -2.14. The third kappa shape index (κ3) is 3.93. The predicted octanol–water partition coefficient (Wildman–Crippen LogP) is 3.04. The second-order valence-electron chi connectivity index (χ2n) is 5.24. The van der Waals surface area contributed by atoms with Gasteiger partial charge in [0, 0.05) is 23.6 Å². The number of hydrogen-bond acceptors (Lipinski definition) is 6. The van der Waals surface area contributed by atoms with E-state index in [4.69, 9.17) is 0 Å². The number of rotatable bonds is 7. The number of hydrogen-bond donors (Lipinski definition) is 2. The highest BCUT2D eigenvalue weighted by atomic mass is 32.1. The number of thiophene rings is 1. The van der Waals surface area contributed by atoms with Crippen LogP contribution < -0.4 is 5.32 Å². The van der Waals surface area contributed by atoms with Gasteiger partial charge in [-0.2, -0.15) is 8.75 Å². The molecule has 5 nitrogen and oxygen atoms in total. The van der Waals surface area contributed by atoms with Crippen LogP contribution in [-0.2, 0) is 0 Å². The first-order valence-electron chi connectivity index (χ1n) is 7.42. The number of carbonyl (C=O) groups excluding carboxylic acids is 1. The molecule has 0 aliphatic rings. The van der Waals surface area contributed by atoms with Crippen molar-refractivity contribution in [2.45, 2.75) is 18.8 Å². The van der Waals surface area contributed by atoms with Crippen LogP contribution in [0.2, 0.25) is 0 Å². The third-order valence-corrected chi connectivity index (χ3v) is 5.31. The first-order valence-corrected chi connectivity index (χ1v) is 9.03. The number of benzene rings is 1. The van der Waals surface area contributed by atoms with Gasteiger partial charge in [0.2, 0.25) is 0 Å². The number of nitrogens with one attached hydrogen (secondary N) is 1. The first-order chi connectivity index (χ1) is 11.3. The van der Waals surface area contributed by atoms with Crippen molar-refractivity contribution >= 4 is 40.0 Å². The summed E-state index contributed by atoms with van der Waals surface area (Å²) in [5, 5.41) is 14.2. The molecule has 23 heavy (non-hydrogen) atoms. The van der Waals surface area contributed by atoms with Crippen LogP contribution in [0.4, 0.5) is 0 Å². The van der Waals surface area contributed by atoms with Gasteiger partial charge in [0.1, 0.15) is 11.0 Å². The lowest BCUT2D eigenvalue weighted by molar-refractivity contribution is 0.0952. The van der Waals surface area contributed by atoms with E-state index in [1.807, 2.05) is 17.5 Å². The SMILES string of the molecule is O=C(NCC[C@H](CCO)c1cccs1)c1ccc2nsnc2c1. The molecule has 1 aromatic carbocycles. The molecule has 0 bridgehead atoms. The number of aliphatic hydroxyl groups is 1. The Bertz CT molecular complexity index is 771. The maximum Gasteiger partial charge on any atom is 0.251 e. The van der Waals surface area contributed by atoms with Crippen LogP contribution in [0.3, 0.4) is 0 Å². The molecule has 1 amide bonds. The highest BCUT2D eigenvalue weighted by Gasteiger charge is 2.13. The van der Waals surface area contributed by atoms with E-state index < -0.39 is 0 Å². The van der Waals surface area contributed by atoms with Gasteiger partial charge in [-0.1, -0.05) is 6.07 Å². The molecule has 0 saturated carbocycles. The number of nitrogens with zero attached hydrogens (tertiary/aromatic N) is 2. The molecule has 0 aliphatic carbocycles. The van der Waals surface area contributed by atoms with E-state index in [-0.39, 0.29) is 18.4 Å². The number of fused-ring (bicyclic) bond motifs is 1. The third-order valence-electron chi connectivity index (χ3n) is 3.72. The fourth-order valence-corrected chi connectivity index (χ4v) is 3.91. The lowest BCUT2D eigenvalue weighted by Crippen LogP contribution is -2.25. The van der Waals surface area contributed by atoms with Gasteiger partial charge in [-0.15, -0.1) is 11.3 Å². The highest BCUT2D eigenvalue weighted by Crippen LogP contribution is 2.26. The van der Waals surface area contributed by atoms with E-state index in [1.54, 1.807) is 23.5 Å². The summed E-state index contributed by atoms with van der Waals surface area (Å²) in [4.78, 5) is 13.5. The molecule has 3 aromatic rings. The molecule has 0 fully saturated rings. The van der Waals surface area contributed by atoms with E-state index in [0.29, 0.717) is 18.5 Å². The largest absolute Gasteiger partial charge is 0.396 e. The van der Waals surface area contributed by atoms with Gasteiger partial charge in [-0.25, -0.2) is 0 Å². The van der Waals surface area contributed by atoms with Gasteiger partial charge in [0.25, 0.3) is 5.91 Å². The summed E-state index contributed by atoms with van der Waals surface area (Å²) >= 11 is 2.84. The average Bonchev–Trinajstić information content (AvgIpc) is 3.24. The summed E-state index contributed by atoms with van der Waals surface area (Å²) in [6.07, 6.45) is 1.53. The normalized spacial score (nSPS) is 12.4. The van der Waals surface area contributed by atoms with Gasteiger partial charge >= 0.3 is 0 Å². The van der Waals surface area contributed by atoms with Crippen molar-refractivity contribution in [2.75, 3.05) is 13.2 Å². The van der Waals surface area contributed by atoms with Crippen LogP contribution in [0, 0.1) is 0 Å². The molecule has 0 aliphatic heterocycles. The Morgan fingerprint density at radius 1 is 1.22 bits per heavy atom. The van der Waals surface area contributed by atoms with Crippen LogP contribution in [0.25, 0.3) is 11.0 Å². The smallest absolute Gasteiger partial charge is 0.251 e. The van der Waals surface area contributed by atoms with E-state index in [1.165, 1.54) is 4.88 Å². The summed E-state index contributed by atoms with van der Waals surface area (Å²) in [6.45, 7) is 0.735. The fraction of sp³-hybridized carbons (Fsp3) is 0.312. The zero-order valence-corrected chi connectivity index (χ0v) is 14.1. The van der Waals surface area contributed by atoms with E-state index in [0.717, 1.165) is 29.2 Å². The van der Waals surface area contributed by atoms with Gasteiger partial charge in [0.15, 0.2) is 0 Å². The molecular weight excluding hydrogens is 330 g/mol. The summed E-state index contributed by atoms with van der Waals surface area (Å²) in [6, 6.07) is 9.44. The second-order valence-corrected chi connectivity index (χ2v) is 6.74. The molecule has 1 atom stereocenters. The minimum atomic E-state index is -0.103. The summed E-state index contributed by atoms with van der Waals surface area (Å²) in [7, 11) is 0. The molecule has 120 valence electrons. The van der Waals surface area contributed by atoms with Crippen LogP contribution in [0.15, 0.2) is 35.7 Å². The van der Waals surface area contributed by atoms with Gasteiger partial charge in [-0.05, 0) is 48.4 Å². The zero-order chi connectivity index (χ0) is 16.1. The van der Waals surface area contributed by atoms with Crippen LogP contribution in [0.5, 0.6) is 0 Å². The van der Waals surface area contributed by atoms with Crippen molar-refractivity contribution in [2.24, 2.45) is 0 Å². The van der Waals surface area contributed by atoms with E-state index >= 15 is 0 Å². The monoisotopic (exact) mass is 347 g/mol. The maximum atomic E-state index is 12.2. The number of amides is 1. The molecule has 0 saturated heterocycles. The van der Waals surface area contributed by atoms with Crippen LogP contribution in [-0.4, -0.2) is 32.9 Å². The molecular formula is C16H17N3O2S2. The van der Waals surface area contributed by atoms with Crippen LogP contribution >= 0.6 is 23.1 Å². The Kier molecular flexibility index (Phi) is 5.32.